The van der Waals surface area contributed by atoms with Gasteiger partial charge in [0.25, 0.3) is 0 Å². The molecule has 0 radical (unpaired) electrons. The number of halogens is 1. The first kappa shape index (κ1) is 15.9. The highest BCUT2D eigenvalue weighted by Crippen LogP contribution is 2.02. The number of rotatable bonds is 8. The van der Waals surface area contributed by atoms with Crippen molar-refractivity contribution in [3.8, 4) is 0 Å². The molecule has 0 aliphatic heterocycles. The normalized spacial score (nSPS) is 11.8. The molecule has 0 aliphatic carbocycles. The summed E-state index contributed by atoms with van der Waals surface area (Å²) in [6.07, 6.45) is 6.00. The van der Waals surface area contributed by atoms with Crippen molar-refractivity contribution < 1.29 is 14.3 Å². The molecule has 0 spiro atoms. The monoisotopic (exact) mass is 303 g/mol. The predicted molar refractivity (Wildman–Crippen MR) is 71.5 cm³/mol. The summed E-state index contributed by atoms with van der Waals surface area (Å²) < 4.78 is 10.4. The van der Waals surface area contributed by atoms with Gasteiger partial charge in [-0.2, -0.15) is 0 Å². The third kappa shape index (κ3) is 11.2. The van der Waals surface area contributed by atoms with Gasteiger partial charge in [-0.25, -0.2) is 4.79 Å². The van der Waals surface area contributed by atoms with Crippen LogP contribution in [0.3, 0.4) is 0 Å². The van der Waals surface area contributed by atoms with Crippen LogP contribution in [0.5, 0.6) is 0 Å². The summed E-state index contributed by atoms with van der Waals surface area (Å²) in [4.78, 5) is 10.9. The first-order valence-corrected chi connectivity index (χ1v) is 6.06. The van der Waals surface area contributed by atoms with Crippen LogP contribution in [-0.2, 0) is 14.3 Å². The van der Waals surface area contributed by atoms with Gasteiger partial charge in [0.1, 0.15) is 6.61 Å². The minimum absolute atomic E-state index is 0.0148. The summed E-state index contributed by atoms with van der Waals surface area (Å²) in [5, 5.41) is 0. The Morgan fingerprint density at radius 3 is 2.82 bits per heavy atom. The maximum absolute atomic E-state index is 10.9. The Balaban J connectivity index is 3.62. The van der Waals surface area contributed by atoms with Gasteiger partial charge in [-0.05, 0) is 35.4 Å². The first-order valence-electron chi connectivity index (χ1n) is 5.26. The van der Waals surface area contributed by atoms with E-state index in [0.717, 1.165) is 5.57 Å². The molecule has 2 N–H and O–H groups in total. The molecular formula is C12H18BrNO3. The molecule has 0 unspecified atom stereocenters. The Morgan fingerprint density at radius 2 is 2.24 bits per heavy atom. The summed E-state index contributed by atoms with van der Waals surface area (Å²) in [5.41, 5.74) is 6.28. The molecule has 17 heavy (non-hydrogen) atoms. The lowest BCUT2D eigenvalue weighted by molar-refractivity contribution is -0.148. The van der Waals surface area contributed by atoms with Crippen LogP contribution >= 0.6 is 15.9 Å². The number of allylic oxidation sites excluding steroid dienone is 3. The fraction of sp³-hybridized carbons (Fsp3) is 0.417. The molecule has 0 heterocycles. The summed E-state index contributed by atoms with van der Waals surface area (Å²) in [6, 6.07) is 0. The molecule has 0 bridgehead atoms. The van der Waals surface area contributed by atoms with Crippen LogP contribution in [0, 0.1) is 0 Å². The van der Waals surface area contributed by atoms with Gasteiger partial charge in [-0.1, -0.05) is 24.3 Å². The SMILES string of the molecule is C=C(/C=C\C=C(/N)Br)CCOCC(=O)OCC. The lowest BCUT2D eigenvalue weighted by Crippen LogP contribution is -2.12. The zero-order chi connectivity index (χ0) is 13.1. The number of nitrogens with two attached hydrogens (primary N) is 1. The number of hydrogen-bond donors (Lipinski definition) is 1. The summed E-state index contributed by atoms with van der Waals surface area (Å²) >= 11 is 3.10. The number of hydrogen-bond acceptors (Lipinski definition) is 4. The second-order valence-corrected chi connectivity index (χ2v) is 4.09. The summed E-state index contributed by atoms with van der Waals surface area (Å²) in [6.45, 7) is 6.39. The summed E-state index contributed by atoms with van der Waals surface area (Å²) in [5.74, 6) is -0.344. The highest BCUT2D eigenvalue weighted by Gasteiger charge is 2.00. The van der Waals surface area contributed by atoms with E-state index in [1.807, 2.05) is 6.08 Å². The van der Waals surface area contributed by atoms with Crippen LogP contribution in [0.4, 0.5) is 0 Å². The fourth-order valence-corrected chi connectivity index (χ4v) is 1.07. The van der Waals surface area contributed by atoms with Crippen LogP contribution in [-0.4, -0.2) is 25.8 Å². The van der Waals surface area contributed by atoms with Crippen LogP contribution in [0.1, 0.15) is 13.3 Å². The number of carbonyl (C=O) groups excluding carboxylic acids is 1. The van der Waals surface area contributed by atoms with Crippen molar-refractivity contribution in [3.05, 3.63) is 35.0 Å². The fourth-order valence-electron chi connectivity index (χ4n) is 0.921. The highest BCUT2D eigenvalue weighted by molar-refractivity contribution is 9.11. The Hall–Kier alpha value is -1.07. The smallest absolute Gasteiger partial charge is 0.332 e. The molecule has 0 fully saturated rings. The van der Waals surface area contributed by atoms with Gasteiger partial charge in [-0.15, -0.1) is 0 Å². The van der Waals surface area contributed by atoms with Gasteiger partial charge in [0.05, 0.1) is 17.8 Å². The second-order valence-electron chi connectivity index (χ2n) is 3.18. The van der Waals surface area contributed by atoms with E-state index in [2.05, 4.69) is 22.5 Å². The van der Waals surface area contributed by atoms with E-state index in [-0.39, 0.29) is 12.6 Å². The maximum atomic E-state index is 10.9. The van der Waals surface area contributed by atoms with Crippen molar-refractivity contribution in [1.29, 1.82) is 0 Å². The summed E-state index contributed by atoms with van der Waals surface area (Å²) in [7, 11) is 0. The predicted octanol–water partition coefficient (Wildman–Crippen LogP) is 2.26. The van der Waals surface area contributed by atoms with Crippen molar-refractivity contribution in [2.75, 3.05) is 19.8 Å². The van der Waals surface area contributed by atoms with Crippen LogP contribution in [0.25, 0.3) is 0 Å². The molecule has 0 amide bonds. The molecule has 5 heteroatoms. The van der Waals surface area contributed by atoms with Crippen LogP contribution in [0.15, 0.2) is 35.0 Å². The molecule has 96 valence electrons. The van der Waals surface area contributed by atoms with Crippen molar-refractivity contribution in [2.24, 2.45) is 5.73 Å². The van der Waals surface area contributed by atoms with Crippen LogP contribution in [0.2, 0.25) is 0 Å². The van der Waals surface area contributed by atoms with E-state index in [9.17, 15) is 4.79 Å². The van der Waals surface area contributed by atoms with E-state index >= 15 is 0 Å². The van der Waals surface area contributed by atoms with E-state index in [1.54, 1.807) is 19.1 Å². The minimum atomic E-state index is -0.344. The van der Waals surface area contributed by atoms with Crippen molar-refractivity contribution in [2.45, 2.75) is 13.3 Å². The van der Waals surface area contributed by atoms with Crippen molar-refractivity contribution in [1.82, 2.24) is 0 Å². The topological polar surface area (TPSA) is 61.5 Å². The van der Waals surface area contributed by atoms with Gasteiger partial charge in [0, 0.05) is 0 Å². The van der Waals surface area contributed by atoms with E-state index in [1.165, 1.54) is 0 Å². The van der Waals surface area contributed by atoms with Gasteiger partial charge in [-0.3, -0.25) is 0 Å². The van der Waals surface area contributed by atoms with Gasteiger partial charge in [0.2, 0.25) is 0 Å². The molecule has 0 rings (SSSR count). The average Bonchev–Trinajstić information content (AvgIpc) is 2.24. The van der Waals surface area contributed by atoms with E-state index < -0.39 is 0 Å². The molecule has 0 aliphatic rings. The molecular weight excluding hydrogens is 286 g/mol. The molecule has 0 aromatic heterocycles. The van der Waals surface area contributed by atoms with Crippen molar-refractivity contribution >= 4 is 21.9 Å². The molecule has 0 saturated heterocycles. The van der Waals surface area contributed by atoms with E-state index in [0.29, 0.717) is 24.2 Å². The largest absolute Gasteiger partial charge is 0.464 e. The lowest BCUT2D eigenvalue weighted by Gasteiger charge is -2.03. The number of ether oxygens (including phenoxy) is 2. The molecule has 0 atom stereocenters. The van der Waals surface area contributed by atoms with Crippen molar-refractivity contribution in [3.63, 3.8) is 0 Å². The Bertz CT molecular complexity index is 307. The Morgan fingerprint density at radius 1 is 1.53 bits per heavy atom. The lowest BCUT2D eigenvalue weighted by atomic mass is 10.2. The average molecular weight is 304 g/mol. The van der Waals surface area contributed by atoms with E-state index in [4.69, 9.17) is 15.2 Å². The zero-order valence-corrected chi connectivity index (χ0v) is 11.5. The van der Waals surface area contributed by atoms with Gasteiger partial charge < -0.3 is 15.2 Å². The quantitative estimate of drug-likeness (QED) is 0.323. The minimum Gasteiger partial charge on any atom is -0.464 e. The first-order chi connectivity index (χ1) is 8.06. The second kappa shape index (κ2) is 10.1. The Kier molecular flexibility index (Phi) is 9.47. The van der Waals surface area contributed by atoms with Gasteiger partial charge in [0.15, 0.2) is 0 Å². The third-order valence-corrected chi connectivity index (χ3v) is 1.94. The highest BCUT2D eigenvalue weighted by atomic mass is 79.9. The van der Waals surface area contributed by atoms with Gasteiger partial charge >= 0.3 is 5.97 Å². The standard InChI is InChI=1S/C12H18BrNO3/c1-3-17-12(15)9-16-8-7-10(2)5-4-6-11(13)14/h4-6H,2-3,7-9,14H2,1H3/b5-4-,11-6-. The Labute approximate surface area is 110 Å². The number of esters is 1. The number of carbonyl (C=O) groups is 1. The third-order valence-electron chi connectivity index (χ3n) is 1.68. The maximum Gasteiger partial charge on any atom is 0.332 e. The molecule has 4 nitrogen and oxygen atoms in total. The molecule has 0 saturated carbocycles. The molecule has 0 aromatic carbocycles. The molecule has 0 aromatic rings. The van der Waals surface area contributed by atoms with Crippen LogP contribution < -0.4 is 5.73 Å². The zero-order valence-electron chi connectivity index (χ0n) is 9.95.